The molecular weight excluding hydrogens is 273 g/mol. The van der Waals surface area contributed by atoms with Gasteiger partial charge in [-0.15, -0.1) is 0 Å². The molecule has 21 heavy (non-hydrogen) atoms. The van der Waals surface area contributed by atoms with Gasteiger partial charge < -0.3 is 9.64 Å². The van der Waals surface area contributed by atoms with Crippen LogP contribution in [-0.2, 0) is 4.74 Å². The van der Waals surface area contributed by atoms with Crippen molar-refractivity contribution >= 4 is 5.91 Å². The van der Waals surface area contributed by atoms with E-state index in [4.69, 9.17) is 4.74 Å². The number of benzene rings is 1. The highest BCUT2D eigenvalue weighted by molar-refractivity contribution is 5.94. The molecular formula is C15H14FN3O2. The Morgan fingerprint density at radius 3 is 3.05 bits per heavy atom. The molecule has 1 aliphatic rings. The monoisotopic (exact) mass is 287 g/mol. The summed E-state index contributed by atoms with van der Waals surface area (Å²) in [4.78, 5) is 22.2. The summed E-state index contributed by atoms with van der Waals surface area (Å²) in [6, 6.07) is 5.70. The highest BCUT2D eigenvalue weighted by atomic mass is 19.1. The van der Waals surface area contributed by atoms with Gasteiger partial charge in [-0.25, -0.2) is 4.39 Å². The molecule has 1 saturated heterocycles. The Morgan fingerprint density at radius 2 is 2.29 bits per heavy atom. The molecule has 0 radical (unpaired) electrons. The van der Waals surface area contributed by atoms with Crippen LogP contribution < -0.4 is 0 Å². The molecule has 6 heteroatoms. The lowest BCUT2D eigenvalue weighted by atomic mass is 10.1. The highest BCUT2D eigenvalue weighted by Gasteiger charge is 2.27. The van der Waals surface area contributed by atoms with Crippen molar-refractivity contribution in [3.63, 3.8) is 0 Å². The number of hydrogen-bond acceptors (Lipinski definition) is 4. The minimum absolute atomic E-state index is 0.202. The van der Waals surface area contributed by atoms with Crippen molar-refractivity contribution in [2.45, 2.75) is 6.10 Å². The first-order valence-corrected chi connectivity index (χ1v) is 6.66. The van der Waals surface area contributed by atoms with Crippen LogP contribution in [0.2, 0.25) is 0 Å². The Morgan fingerprint density at radius 1 is 1.38 bits per heavy atom. The molecule has 2 heterocycles. The summed E-state index contributed by atoms with van der Waals surface area (Å²) in [6.07, 6.45) is 4.50. The number of hydrogen-bond donors (Lipinski definition) is 0. The molecule has 0 aliphatic carbocycles. The summed E-state index contributed by atoms with van der Waals surface area (Å²) in [5.74, 6) is -0.619. The second-order valence-electron chi connectivity index (χ2n) is 4.75. The lowest BCUT2D eigenvalue weighted by molar-refractivity contribution is -0.0249. The third-order valence-corrected chi connectivity index (χ3v) is 3.34. The third-order valence-electron chi connectivity index (χ3n) is 3.34. The molecule has 0 unspecified atom stereocenters. The minimum Gasteiger partial charge on any atom is -0.368 e. The van der Waals surface area contributed by atoms with E-state index in [1.807, 2.05) is 0 Å². The largest absolute Gasteiger partial charge is 0.368 e. The number of amides is 1. The average molecular weight is 287 g/mol. The van der Waals surface area contributed by atoms with Crippen LogP contribution in [0.3, 0.4) is 0 Å². The van der Waals surface area contributed by atoms with Crippen LogP contribution in [0.5, 0.6) is 0 Å². The van der Waals surface area contributed by atoms with Gasteiger partial charge in [-0.3, -0.25) is 14.8 Å². The lowest BCUT2D eigenvalue weighted by Crippen LogP contribution is -2.42. The summed E-state index contributed by atoms with van der Waals surface area (Å²) in [6.45, 7) is 1.28. The van der Waals surface area contributed by atoms with Crippen LogP contribution in [-0.4, -0.2) is 40.5 Å². The summed E-state index contributed by atoms with van der Waals surface area (Å²) in [7, 11) is 0. The standard InChI is InChI=1S/C15H14FN3O2/c16-12-3-1-2-11(8-12)15(20)19-6-7-21-14(10-19)13-9-17-4-5-18-13/h1-5,8-9,14H,6-7,10H2/t14-/m0/s1. The van der Waals surface area contributed by atoms with Crippen molar-refractivity contribution in [3.05, 3.63) is 59.9 Å². The van der Waals surface area contributed by atoms with E-state index in [0.29, 0.717) is 31.0 Å². The lowest BCUT2D eigenvalue weighted by Gasteiger charge is -2.32. The van der Waals surface area contributed by atoms with Gasteiger partial charge in [0.15, 0.2) is 0 Å². The van der Waals surface area contributed by atoms with Crippen molar-refractivity contribution in [1.82, 2.24) is 14.9 Å². The number of rotatable bonds is 2. The first-order valence-electron chi connectivity index (χ1n) is 6.66. The zero-order valence-electron chi connectivity index (χ0n) is 11.3. The molecule has 5 nitrogen and oxygen atoms in total. The van der Waals surface area contributed by atoms with E-state index in [1.54, 1.807) is 29.6 Å². The van der Waals surface area contributed by atoms with Crippen molar-refractivity contribution in [2.75, 3.05) is 19.7 Å². The van der Waals surface area contributed by atoms with Crippen LogP contribution in [0.25, 0.3) is 0 Å². The molecule has 108 valence electrons. The number of halogens is 1. The Labute approximate surface area is 121 Å². The predicted molar refractivity (Wildman–Crippen MR) is 73.0 cm³/mol. The zero-order valence-corrected chi connectivity index (χ0v) is 11.3. The summed E-state index contributed by atoms with van der Waals surface area (Å²) < 4.78 is 18.9. The maximum absolute atomic E-state index is 13.2. The Hall–Kier alpha value is -2.34. The molecule has 1 aromatic heterocycles. The average Bonchev–Trinajstić information content (AvgIpc) is 2.55. The molecule has 1 amide bonds. The smallest absolute Gasteiger partial charge is 0.254 e. The van der Waals surface area contributed by atoms with Crippen LogP contribution in [0, 0.1) is 5.82 Å². The van der Waals surface area contributed by atoms with Gasteiger partial charge in [-0.1, -0.05) is 6.07 Å². The first-order chi connectivity index (χ1) is 10.2. The minimum atomic E-state index is -0.417. The van der Waals surface area contributed by atoms with Crippen molar-refractivity contribution < 1.29 is 13.9 Å². The Bertz CT molecular complexity index is 636. The van der Waals surface area contributed by atoms with E-state index in [-0.39, 0.29) is 12.0 Å². The topological polar surface area (TPSA) is 55.3 Å². The summed E-state index contributed by atoms with van der Waals surface area (Å²) >= 11 is 0. The van der Waals surface area contributed by atoms with E-state index in [1.165, 1.54) is 18.2 Å². The summed E-state index contributed by atoms with van der Waals surface area (Å²) in [5, 5.41) is 0. The maximum atomic E-state index is 13.2. The van der Waals surface area contributed by atoms with Gasteiger partial charge in [0.2, 0.25) is 0 Å². The molecule has 2 aromatic rings. The van der Waals surface area contributed by atoms with E-state index < -0.39 is 5.82 Å². The highest BCUT2D eigenvalue weighted by Crippen LogP contribution is 2.21. The van der Waals surface area contributed by atoms with Crippen LogP contribution in [0.1, 0.15) is 22.2 Å². The number of carbonyl (C=O) groups is 1. The molecule has 1 aromatic carbocycles. The van der Waals surface area contributed by atoms with Gasteiger partial charge in [-0.2, -0.15) is 0 Å². The third kappa shape index (κ3) is 3.05. The fraction of sp³-hybridized carbons (Fsp3) is 0.267. The molecule has 1 fully saturated rings. The van der Waals surface area contributed by atoms with E-state index in [0.717, 1.165) is 0 Å². The molecule has 0 N–H and O–H groups in total. The van der Waals surface area contributed by atoms with E-state index in [2.05, 4.69) is 9.97 Å². The van der Waals surface area contributed by atoms with Gasteiger partial charge in [0.1, 0.15) is 11.9 Å². The fourth-order valence-corrected chi connectivity index (χ4v) is 2.29. The summed E-state index contributed by atoms with van der Waals surface area (Å²) in [5.41, 5.74) is 1.03. The normalized spacial score (nSPS) is 18.5. The number of ether oxygens (including phenoxy) is 1. The van der Waals surface area contributed by atoms with Crippen molar-refractivity contribution in [3.8, 4) is 0 Å². The maximum Gasteiger partial charge on any atom is 0.254 e. The SMILES string of the molecule is O=C(c1cccc(F)c1)N1CCO[C@H](c2cnccn2)C1. The molecule has 0 saturated carbocycles. The molecule has 0 spiro atoms. The number of aromatic nitrogens is 2. The van der Waals surface area contributed by atoms with E-state index in [9.17, 15) is 9.18 Å². The van der Waals surface area contributed by atoms with Crippen LogP contribution in [0.15, 0.2) is 42.9 Å². The van der Waals surface area contributed by atoms with Crippen molar-refractivity contribution in [2.24, 2.45) is 0 Å². The predicted octanol–water partition coefficient (Wildman–Crippen LogP) is 1.83. The molecule has 1 atom stereocenters. The van der Waals surface area contributed by atoms with Gasteiger partial charge >= 0.3 is 0 Å². The zero-order chi connectivity index (χ0) is 14.7. The molecule has 1 aliphatic heterocycles. The van der Waals surface area contributed by atoms with Gasteiger partial charge in [0.25, 0.3) is 5.91 Å². The van der Waals surface area contributed by atoms with Gasteiger partial charge in [0.05, 0.1) is 25.0 Å². The number of morpholine rings is 1. The Balaban J connectivity index is 1.75. The quantitative estimate of drug-likeness (QED) is 0.845. The van der Waals surface area contributed by atoms with Crippen molar-refractivity contribution in [1.29, 1.82) is 0 Å². The number of carbonyl (C=O) groups excluding carboxylic acids is 1. The molecule has 0 bridgehead atoms. The van der Waals surface area contributed by atoms with E-state index >= 15 is 0 Å². The Kier molecular flexibility index (Phi) is 3.87. The van der Waals surface area contributed by atoms with Gasteiger partial charge in [-0.05, 0) is 18.2 Å². The van der Waals surface area contributed by atoms with Crippen LogP contribution >= 0.6 is 0 Å². The van der Waals surface area contributed by atoms with Gasteiger partial charge in [0, 0.05) is 24.5 Å². The fourth-order valence-electron chi connectivity index (χ4n) is 2.29. The number of nitrogens with zero attached hydrogens (tertiary/aromatic N) is 3. The molecule has 3 rings (SSSR count). The second kappa shape index (κ2) is 5.97. The second-order valence-corrected chi connectivity index (χ2v) is 4.75. The first kappa shape index (κ1) is 13.6. The van der Waals surface area contributed by atoms with Crippen LogP contribution in [0.4, 0.5) is 4.39 Å².